The summed E-state index contributed by atoms with van der Waals surface area (Å²) in [7, 11) is 0. The van der Waals surface area contributed by atoms with Gasteiger partial charge in [0.2, 0.25) is 5.91 Å². The first kappa shape index (κ1) is 16.3. The lowest BCUT2D eigenvalue weighted by Crippen LogP contribution is -2.14. The maximum atomic E-state index is 11.8. The second kappa shape index (κ2) is 6.08. The summed E-state index contributed by atoms with van der Waals surface area (Å²) in [5.41, 5.74) is 11.4. The molecule has 0 saturated heterocycles. The number of fused-ring (bicyclic) bond motifs is 1. The number of benzene rings is 1. The number of primary amides is 1. The van der Waals surface area contributed by atoms with E-state index in [9.17, 15) is 4.79 Å². The van der Waals surface area contributed by atoms with Crippen LogP contribution in [-0.4, -0.2) is 26.8 Å². The summed E-state index contributed by atoms with van der Waals surface area (Å²) in [6, 6.07) is 3.85. The van der Waals surface area contributed by atoms with E-state index >= 15 is 0 Å². The highest BCUT2D eigenvalue weighted by Gasteiger charge is 2.30. The number of nitrogens with one attached hydrogen (secondary N) is 1. The number of amides is 1. The van der Waals surface area contributed by atoms with Gasteiger partial charge >= 0.3 is 0 Å². The molecule has 1 aromatic carbocycles. The molecule has 6 nitrogen and oxygen atoms in total. The Kier molecular flexibility index (Phi) is 3.67. The molecule has 0 bridgehead atoms. The minimum absolute atomic E-state index is 0.366. The summed E-state index contributed by atoms with van der Waals surface area (Å²) in [6.45, 7) is 2.96. The van der Waals surface area contributed by atoms with Gasteiger partial charge in [-0.15, -0.1) is 0 Å². The third-order valence-electron chi connectivity index (χ3n) is 5.72. The zero-order valence-electron chi connectivity index (χ0n) is 15.4. The number of rotatable bonds is 6. The van der Waals surface area contributed by atoms with Gasteiger partial charge in [-0.2, -0.15) is 0 Å². The van der Waals surface area contributed by atoms with E-state index in [1.807, 2.05) is 37.6 Å². The van der Waals surface area contributed by atoms with Crippen LogP contribution in [0.2, 0.25) is 0 Å². The summed E-state index contributed by atoms with van der Waals surface area (Å²) < 4.78 is 2.09. The quantitative estimate of drug-likeness (QED) is 0.704. The molecule has 5 rings (SSSR count). The van der Waals surface area contributed by atoms with Crippen LogP contribution in [0.4, 0.5) is 5.82 Å². The lowest BCUT2D eigenvalue weighted by molar-refractivity contribution is 0.0999. The maximum absolute atomic E-state index is 11.8. The number of hydrogen-bond donors (Lipinski definition) is 2. The lowest BCUT2D eigenvalue weighted by Gasteiger charge is -2.15. The van der Waals surface area contributed by atoms with E-state index < -0.39 is 0 Å². The molecular weight excluding hydrogens is 338 g/mol. The Morgan fingerprint density at radius 2 is 2.07 bits per heavy atom. The highest BCUT2D eigenvalue weighted by molar-refractivity contribution is 5.95. The Balaban J connectivity index is 1.62. The lowest BCUT2D eigenvalue weighted by atomic mass is 9.92. The van der Waals surface area contributed by atoms with Crippen LogP contribution in [0, 0.1) is 12.8 Å². The summed E-state index contributed by atoms with van der Waals surface area (Å²) in [4.78, 5) is 20.9. The second-order valence-corrected chi connectivity index (χ2v) is 7.78. The van der Waals surface area contributed by atoms with Crippen molar-refractivity contribution < 1.29 is 4.79 Å². The van der Waals surface area contributed by atoms with Gasteiger partial charge in [0.15, 0.2) is 11.5 Å². The van der Waals surface area contributed by atoms with Gasteiger partial charge in [0.1, 0.15) is 0 Å². The molecule has 138 valence electrons. The van der Waals surface area contributed by atoms with Crippen molar-refractivity contribution in [1.82, 2.24) is 14.4 Å². The van der Waals surface area contributed by atoms with Gasteiger partial charge < -0.3 is 11.1 Å². The second-order valence-electron chi connectivity index (χ2n) is 7.78. The highest BCUT2D eigenvalue weighted by Crippen LogP contribution is 2.46. The molecule has 2 heterocycles. The molecule has 6 heteroatoms. The topological polar surface area (TPSA) is 85.3 Å². The monoisotopic (exact) mass is 361 g/mol. The number of nitrogens with two attached hydrogens (primary N) is 1. The number of anilines is 1. The highest BCUT2D eigenvalue weighted by atomic mass is 16.1. The van der Waals surface area contributed by atoms with Gasteiger partial charge in [-0.3, -0.25) is 9.20 Å². The van der Waals surface area contributed by atoms with Gasteiger partial charge in [0.05, 0.1) is 11.9 Å². The number of hydrogen-bond acceptors (Lipinski definition) is 4. The smallest absolute Gasteiger partial charge is 0.248 e. The molecule has 0 unspecified atom stereocenters. The Morgan fingerprint density at radius 1 is 1.26 bits per heavy atom. The minimum atomic E-state index is -0.366. The first-order chi connectivity index (χ1) is 13.1. The molecule has 3 N–H and O–H groups in total. The molecule has 3 aromatic rings. The van der Waals surface area contributed by atoms with Gasteiger partial charge in [-0.1, -0.05) is 6.07 Å². The largest absolute Gasteiger partial charge is 0.367 e. The molecule has 0 aliphatic heterocycles. The Morgan fingerprint density at radius 3 is 2.78 bits per heavy atom. The Labute approximate surface area is 157 Å². The van der Waals surface area contributed by atoms with E-state index in [-0.39, 0.29) is 5.91 Å². The first-order valence-electron chi connectivity index (χ1n) is 9.63. The standard InChI is InChI=1S/C21H23N5O/c1-12-15(19(22)27)6-7-16(18(12)14-4-5-14)17-11-25-21-20(23-8-9-26(17)21)24-10-13-2-3-13/h6-9,11,13-14H,2-5,10H2,1H3,(H2,22,27)(H,23,24). The van der Waals surface area contributed by atoms with Crippen molar-refractivity contribution in [2.45, 2.75) is 38.5 Å². The van der Waals surface area contributed by atoms with Crippen LogP contribution in [0.3, 0.4) is 0 Å². The van der Waals surface area contributed by atoms with Crippen LogP contribution in [0.25, 0.3) is 16.9 Å². The third-order valence-corrected chi connectivity index (χ3v) is 5.72. The van der Waals surface area contributed by atoms with E-state index in [0.29, 0.717) is 11.5 Å². The predicted octanol–water partition coefficient (Wildman–Crippen LogP) is 3.50. The molecule has 2 fully saturated rings. The predicted molar refractivity (Wildman–Crippen MR) is 105 cm³/mol. The molecule has 2 aliphatic rings. The number of aromatic nitrogens is 3. The molecule has 0 spiro atoms. The molecule has 2 aliphatic carbocycles. The van der Waals surface area contributed by atoms with Crippen LogP contribution in [0.1, 0.15) is 53.1 Å². The maximum Gasteiger partial charge on any atom is 0.248 e. The van der Waals surface area contributed by atoms with Crippen LogP contribution >= 0.6 is 0 Å². The third kappa shape index (κ3) is 2.85. The summed E-state index contributed by atoms with van der Waals surface area (Å²) in [5, 5.41) is 3.44. The SMILES string of the molecule is Cc1c(C(N)=O)ccc(-c2cnc3c(NCC4CC4)nccn23)c1C1CC1. The van der Waals surface area contributed by atoms with Crippen molar-refractivity contribution in [3.05, 3.63) is 47.4 Å². The van der Waals surface area contributed by atoms with Gasteiger partial charge in [-0.25, -0.2) is 9.97 Å². The van der Waals surface area contributed by atoms with Crippen LogP contribution in [-0.2, 0) is 0 Å². The molecule has 0 atom stereocenters. The number of imidazole rings is 1. The molecule has 0 radical (unpaired) electrons. The molecule has 27 heavy (non-hydrogen) atoms. The molecule has 2 aromatic heterocycles. The van der Waals surface area contributed by atoms with Gasteiger partial charge in [0, 0.05) is 30.1 Å². The van der Waals surface area contributed by atoms with Crippen LogP contribution in [0.5, 0.6) is 0 Å². The van der Waals surface area contributed by atoms with E-state index in [1.54, 1.807) is 0 Å². The van der Waals surface area contributed by atoms with Gasteiger partial charge in [-0.05, 0) is 61.6 Å². The van der Waals surface area contributed by atoms with Crippen LogP contribution in [0.15, 0.2) is 30.7 Å². The number of nitrogens with zero attached hydrogens (tertiary/aromatic N) is 3. The van der Waals surface area contributed by atoms with Crippen LogP contribution < -0.4 is 11.1 Å². The van der Waals surface area contributed by atoms with Crippen molar-refractivity contribution in [2.75, 3.05) is 11.9 Å². The zero-order valence-corrected chi connectivity index (χ0v) is 15.4. The molecular formula is C21H23N5O. The summed E-state index contributed by atoms with van der Waals surface area (Å²) in [5.74, 6) is 1.73. The Hall–Kier alpha value is -2.89. The van der Waals surface area contributed by atoms with Gasteiger partial charge in [0.25, 0.3) is 0 Å². The number of carbonyl (C=O) groups excluding carboxylic acids is 1. The average Bonchev–Trinajstić information content (AvgIpc) is 3.57. The van der Waals surface area contributed by atoms with E-state index in [2.05, 4.69) is 19.7 Å². The fraction of sp³-hybridized carbons (Fsp3) is 0.381. The number of carbonyl (C=O) groups is 1. The van der Waals surface area contributed by atoms with Crippen molar-refractivity contribution in [2.24, 2.45) is 11.7 Å². The van der Waals surface area contributed by atoms with E-state index in [0.717, 1.165) is 53.6 Å². The molecule has 1 amide bonds. The first-order valence-corrected chi connectivity index (χ1v) is 9.63. The average molecular weight is 361 g/mol. The minimum Gasteiger partial charge on any atom is -0.367 e. The Bertz CT molecular complexity index is 1050. The molecule has 2 saturated carbocycles. The summed E-state index contributed by atoms with van der Waals surface area (Å²) >= 11 is 0. The fourth-order valence-electron chi connectivity index (χ4n) is 3.92. The van der Waals surface area contributed by atoms with Crippen molar-refractivity contribution in [1.29, 1.82) is 0 Å². The van der Waals surface area contributed by atoms with E-state index in [1.165, 1.54) is 18.4 Å². The summed E-state index contributed by atoms with van der Waals surface area (Å²) in [6.07, 6.45) is 10.6. The normalized spacial score (nSPS) is 16.6. The van der Waals surface area contributed by atoms with E-state index in [4.69, 9.17) is 5.73 Å². The fourth-order valence-corrected chi connectivity index (χ4v) is 3.92. The zero-order chi connectivity index (χ0) is 18.5. The van der Waals surface area contributed by atoms with Crippen molar-refractivity contribution in [3.63, 3.8) is 0 Å². The van der Waals surface area contributed by atoms with Crippen molar-refractivity contribution >= 4 is 17.4 Å². The van der Waals surface area contributed by atoms with Crippen molar-refractivity contribution in [3.8, 4) is 11.3 Å².